The average molecular weight is 460 g/mol. The van der Waals surface area contributed by atoms with Gasteiger partial charge in [0.05, 0.1) is 10.6 Å². The molecule has 8 heteroatoms. The molecular weight excluding hydrogens is 434 g/mol. The lowest BCUT2D eigenvalue weighted by Gasteiger charge is -2.34. The maximum Gasteiger partial charge on any atom is 0.264 e. The molecular formula is C25H25N5O2S. The van der Waals surface area contributed by atoms with E-state index in [9.17, 15) is 9.59 Å². The summed E-state index contributed by atoms with van der Waals surface area (Å²) in [7, 11) is 0. The summed E-state index contributed by atoms with van der Waals surface area (Å²) in [4.78, 5) is 34.5. The molecule has 168 valence electrons. The number of aromatic nitrogens is 3. The Balaban J connectivity index is 1.32. The molecule has 1 saturated heterocycles. The van der Waals surface area contributed by atoms with Crippen LogP contribution in [0.15, 0.2) is 54.0 Å². The molecule has 0 atom stereocenters. The largest absolute Gasteiger partial charge is 0.338 e. The number of hydrogen-bond donors (Lipinski definition) is 0. The summed E-state index contributed by atoms with van der Waals surface area (Å²) in [6.07, 6.45) is 1.77. The number of carbonyl (C=O) groups is 2. The van der Waals surface area contributed by atoms with Crippen molar-refractivity contribution in [2.75, 3.05) is 26.2 Å². The smallest absolute Gasteiger partial charge is 0.264 e. The first-order valence-electron chi connectivity index (χ1n) is 11.0. The molecule has 1 fully saturated rings. The van der Waals surface area contributed by atoms with Crippen LogP contribution in [0.2, 0.25) is 0 Å². The summed E-state index contributed by atoms with van der Waals surface area (Å²) >= 11 is 1.45. The quantitative estimate of drug-likeness (QED) is 0.466. The standard InChI is InChI=1S/C25H25N5O2S/c1-17-5-7-19(8-6-17)20-9-10-26-24-23(20)18(2)27-30(24)16-22(31)28-11-13-29(14-12-28)25(32)21-4-3-15-33-21/h3-10,15H,11-14,16H2,1-2H3. The zero-order valence-electron chi connectivity index (χ0n) is 18.7. The molecule has 5 rings (SSSR count). The lowest BCUT2D eigenvalue weighted by atomic mass is 10.0. The van der Waals surface area contributed by atoms with Gasteiger partial charge in [-0.25, -0.2) is 9.67 Å². The number of rotatable bonds is 4. The molecule has 1 aliphatic rings. The molecule has 7 nitrogen and oxygen atoms in total. The van der Waals surface area contributed by atoms with Crippen molar-refractivity contribution in [3.8, 4) is 11.1 Å². The predicted molar refractivity (Wildman–Crippen MR) is 129 cm³/mol. The van der Waals surface area contributed by atoms with E-state index in [-0.39, 0.29) is 18.4 Å². The lowest BCUT2D eigenvalue weighted by Crippen LogP contribution is -2.51. The van der Waals surface area contributed by atoms with Crippen molar-refractivity contribution in [3.05, 3.63) is 70.2 Å². The van der Waals surface area contributed by atoms with Gasteiger partial charge in [0, 0.05) is 37.8 Å². The second-order valence-electron chi connectivity index (χ2n) is 8.32. The summed E-state index contributed by atoms with van der Waals surface area (Å²) in [5.74, 6) is 0.0313. The summed E-state index contributed by atoms with van der Waals surface area (Å²) in [6, 6.07) is 14.1. The maximum absolute atomic E-state index is 13.1. The van der Waals surface area contributed by atoms with Crippen LogP contribution in [0.25, 0.3) is 22.2 Å². The van der Waals surface area contributed by atoms with Crippen LogP contribution in [-0.4, -0.2) is 62.6 Å². The third kappa shape index (κ3) is 4.14. The van der Waals surface area contributed by atoms with Gasteiger partial charge in [0.15, 0.2) is 5.65 Å². The number of carbonyl (C=O) groups excluding carboxylic acids is 2. The minimum absolute atomic E-state index is 0.00911. The van der Waals surface area contributed by atoms with E-state index in [1.165, 1.54) is 16.9 Å². The first-order valence-corrected chi connectivity index (χ1v) is 11.9. The van der Waals surface area contributed by atoms with Crippen LogP contribution in [0.3, 0.4) is 0 Å². The summed E-state index contributed by atoms with van der Waals surface area (Å²) < 4.78 is 1.70. The van der Waals surface area contributed by atoms with Crippen molar-refractivity contribution >= 4 is 34.2 Å². The number of aryl methyl sites for hydroxylation is 2. The normalized spacial score (nSPS) is 14.1. The molecule has 0 radical (unpaired) electrons. The Bertz CT molecular complexity index is 1300. The zero-order valence-corrected chi connectivity index (χ0v) is 19.5. The topological polar surface area (TPSA) is 71.3 Å². The Kier molecular flexibility index (Phi) is 5.68. The molecule has 1 aromatic carbocycles. The Morgan fingerprint density at radius 3 is 2.39 bits per heavy atom. The number of thiophene rings is 1. The predicted octanol–water partition coefficient (Wildman–Crippen LogP) is 3.76. The number of nitrogens with zero attached hydrogens (tertiary/aromatic N) is 5. The minimum Gasteiger partial charge on any atom is -0.338 e. The third-order valence-corrected chi connectivity index (χ3v) is 6.96. The monoisotopic (exact) mass is 459 g/mol. The van der Waals surface area contributed by atoms with E-state index in [0.717, 1.165) is 27.1 Å². The van der Waals surface area contributed by atoms with E-state index in [1.807, 2.05) is 40.3 Å². The van der Waals surface area contributed by atoms with Crippen LogP contribution in [0.5, 0.6) is 0 Å². The van der Waals surface area contributed by atoms with Crippen LogP contribution in [0.1, 0.15) is 20.9 Å². The molecule has 4 aromatic rings. The Labute approximate surface area is 196 Å². The molecule has 4 heterocycles. The average Bonchev–Trinajstić information content (AvgIpc) is 3.48. The zero-order chi connectivity index (χ0) is 22.9. The van der Waals surface area contributed by atoms with Crippen LogP contribution < -0.4 is 0 Å². The maximum atomic E-state index is 13.1. The van der Waals surface area contributed by atoms with Crippen molar-refractivity contribution in [1.29, 1.82) is 0 Å². The number of pyridine rings is 1. The highest BCUT2D eigenvalue weighted by Crippen LogP contribution is 2.30. The minimum atomic E-state index is -0.00911. The van der Waals surface area contributed by atoms with Crippen molar-refractivity contribution in [2.45, 2.75) is 20.4 Å². The molecule has 1 aliphatic heterocycles. The molecule has 0 saturated carbocycles. The van der Waals surface area contributed by atoms with Crippen LogP contribution in [0.4, 0.5) is 0 Å². The van der Waals surface area contributed by atoms with Gasteiger partial charge in [0.1, 0.15) is 6.54 Å². The highest BCUT2D eigenvalue weighted by molar-refractivity contribution is 7.12. The number of fused-ring (bicyclic) bond motifs is 1. The Morgan fingerprint density at radius 2 is 1.70 bits per heavy atom. The van der Waals surface area contributed by atoms with Crippen molar-refractivity contribution in [1.82, 2.24) is 24.6 Å². The van der Waals surface area contributed by atoms with Crippen molar-refractivity contribution in [2.24, 2.45) is 0 Å². The molecule has 33 heavy (non-hydrogen) atoms. The van der Waals surface area contributed by atoms with Gasteiger partial charge in [-0.3, -0.25) is 9.59 Å². The van der Waals surface area contributed by atoms with Gasteiger partial charge < -0.3 is 9.80 Å². The second-order valence-corrected chi connectivity index (χ2v) is 9.26. The van der Waals surface area contributed by atoms with Gasteiger partial charge in [-0.1, -0.05) is 35.9 Å². The SMILES string of the molecule is Cc1ccc(-c2ccnc3c2c(C)nn3CC(=O)N2CCN(C(=O)c3cccs3)CC2)cc1. The van der Waals surface area contributed by atoms with E-state index in [2.05, 4.69) is 41.3 Å². The summed E-state index contributed by atoms with van der Waals surface area (Å²) in [5, 5.41) is 7.53. The van der Waals surface area contributed by atoms with Crippen LogP contribution in [0, 0.1) is 13.8 Å². The lowest BCUT2D eigenvalue weighted by molar-refractivity contribution is -0.133. The fourth-order valence-corrected chi connectivity index (χ4v) is 5.00. The van der Waals surface area contributed by atoms with Gasteiger partial charge in [0.2, 0.25) is 5.91 Å². The van der Waals surface area contributed by atoms with Crippen LogP contribution in [-0.2, 0) is 11.3 Å². The van der Waals surface area contributed by atoms with E-state index >= 15 is 0 Å². The molecule has 0 N–H and O–H groups in total. The first kappa shape index (κ1) is 21.3. The van der Waals surface area contributed by atoms with Gasteiger partial charge in [-0.2, -0.15) is 5.10 Å². The Morgan fingerprint density at radius 1 is 0.970 bits per heavy atom. The number of hydrogen-bond acceptors (Lipinski definition) is 5. The summed E-state index contributed by atoms with van der Waals surface area (Å²) in [6.45, 7) is 6.28. The molecule has 0 bridgehead atoms. The first-order chi connectivity index (χ1) is 16.0. The van der Waals surface area contributed by atoms with Gasteiger partial charge in [0.25, 0.3) is 5.91 Å². The molecule has 3 aromatic heterocycles. The number of amides is 2. The highest BCUT2D eigenvalue weighted by Gasteiger charge is 2.26. The fraction of sp³-hybridized carbons (Fsp3) is 0.280. The molecule has 0 spiro atoms. The van der Waals surface area contributed by atoms with E-state index in [1.54, 1.807) is 10.9 Å². The van der Waals surface area contributed by atoms with Crippen LogP contribution >= 0.6 is 11.3 Å². The number of benzene rings is 1. The second kappa shape index (κ2) is 8.78. The van der Waals surface area contributed by atoms with E-state index in [4.69, 9.17) is 0 Å². The van der Waals surface area contributed by atoms with Crippen molar-refractivity contribution < 1.29 is 9.59 Å². The Hall–Kier alpha value is -3.52. The highest BCUT2D eigenvalue weighted by atomic mass is 32.1. The van der Waals surface area contributed by atoms with Gasteiger partial charge >= 0.3 is 0 Å². The van der Waals surface area contributed by atoms with Crippen molar-refractivity contribution in [3.63, 3.8) is 0 Å². The van der Waals surface area contributed by atoms with E-state index in [0.29, 0.717) is 31.8 Å². The third-order valence-electron chi connectivity index (χ3n) is 6.11. The molecule has 2 amide bonds. The summed E-state index contributed by atoms with van der Waals surface area (Å²) in [5.41, 5.74) is 4.95. The fourth-order valence-electron chi connectivity index (χ4n) is 4.31. The van der Waals surface area contributed by atoms with E-state index < -0.39 is 0 Å². The number of piperazine rings is 1. The molecule has 0 aliphatic carbocycles. The molecule has 0 unspecified atom stereocenters. The van der Waals surface area contributed by atoms with Gasteiger partial charge in [-0.05, 0) is 42.5 Å². The van der Waals surface area contributed by atoms with Gasteiger partial charge in [-0.15, -0.1) is 11.3 Å².